The number of benzene rings is 1. The molecule has 108 valence electrons. The molecule has 1 heterocycles. The summed E-state index contributed by atoms with van der Waals surface area (Å²) in [5, 5.41) is 5.77. The Hall–Kier alpha value is -3.06. The Morgan fingerprint density at radius 3 is 2.95 bits per heavy atom. The summed E-state index contributed by atoms with van der Waals surface area (Å²) >= 11 is 0. The Balaban J connectivity index is 2.31. The van der Waals surface area contributed by atoms with Gasteiger partial charge in [0.25, 0.3) is 0 Å². The summed E-state index contributed by atoms with van der Waals surface area (Å²) in [7, 11) is 0. The Morgan fingerprint density at radius 2 is 2.24 bits per heavy atom. The molecule has 0 aliphatic heterocycles. The van der Waals surface area contributed by atoms with Gasteiger partial charge in [0.05, 0.1) is 17.6 Å². The van der Waals surface area contributed by atoms with Crippen LogP contribution >= 0.6 is 0 Å². The summed E-state index contributed by atoms with van der Waals surface area (Å²) in [6.45, 7) is 1.62. The van der Waals surface area contributed by atoms with Gasteiger partial charge in [-0.05, 0) is 29.7 Å². The van der Waals surface area contributed by atoms with Gasteiger partial charge in [-0.15, -0.1) is 0 Å². The average Bonchev–Trinajstić information content (AvgIpc) is 2.83. The third-order valence-electron chi connectivity index (χ3n) is 2.57. The molecule has 0 saturated carbocycles. The highest BCUT2D eigenvalue weighted by molar-refractivity contribution is 5.93. The van der Waals surface area contributed by atoms with E-state index in [1.165, 1.54) is 0 Å². The van der Waals surface area contributed by atoms with Gasteiger partial charge in [0.2, 0.25) is 5.95 Å². The van der Waals surface area contributed by atoms with Crippen LogP contribution in [-0.4, -0.2) is 34.7 Å². The zero-order valence-electron chi connectivity index (χ0n) is 11.2. The number of hydrogen-bond acceptors (Lipinski definition) is 5. The van der Waals surface area contributed by atoms with Crippen molar-refractivity contribution in [1.29, 1.82) is 0 Å². The number of nitrogens with zero attached hydrogens (tertiary/aromatic N) is 5. The highest BCUT2D eigenvalue weighted by Crippen LogP contribution is 2.21. The van der Waals surface area contributed by atoms with E-state index in [2.05, 4.69) is 20.3 Å². The van der Waals surface area contributed by atoms with Crippen LogP contribution in [0.3, 0.4) is 0 Å². The van der Waals surface area contributed by atoms with Crippen LogP contribution < -0.4 is 5.32 Å². The molecule has 0 aliphatic carbocycles. The van der Waals surface area contributed by atoms with Crippen LogP contribution in [0.2, 0.25) is 0 Å². The highest BCUT2D eigenvalue weighted by Gasteiger charge is 2.16. The van der Waals surface area contributed by atoms with Gasteiger partial charge in [-0.25, -0.2) is 14.3 Å². The molecule has 9 nitrogen and oxygen atoms in total. The second-order valence-corrected chi connectivity index (χ2v) is 3.89. The van der Waals surface area contributed by atoms with E-state index in [-0.39, 0.29) is 19.1 Å². The number of imidazole rings is 1. The van der Waals surface area contributed by atoms with Crippen LogP contribution in [0.5, 0.6) is 0 Å². The molecule has 0 bridgehead atoms. The number of azide groups is 1. The number of para-hydroxylation sites is 2. The maximum absolute atomic E-state index is 12.1. The molecule has 1 aromatic heterocycles. The van der Waals surface area contributed by atoms with Crippen molar-refractivity contribution < 1.29 is 14.3 Å². The molecule has 0 atom stereocenters. The fraction of sp³-hybridized carbons (Fsp3) is 0.250. The molecule has 0 spiro atoms. The van der Waals surface area contributed by atoms with Gasteiger partial charge in [-0.1, -0.05) is 12.1 Å². The standard InChI is InChI=1S/C12H12N6O3/c1-2-21-10(19)7-14-12(20)18-9-6-4-3-5-8(9)15-11(18)16-17-13/h3-6H,2,7H2,1H3,(H,14,20). The van der Waals surface area contributed by atoms with Gasteiger partial charge in [0.1, 0.15) is 6.54 Å². The topological polar surface area (TPSA) is 122 Å². The van der Waals surface area contributed by atoms with E-state index in [1.807, 2.05) is 0 Å². The Bertz CT molecular complexity index is 732. The summed E-state index contributed by atoms with van der Waals surface area (Å²) in [6, 6.07) is 6.18. The van der Waals surface area contributed by atoms with Crippen molar-refractivity contribution >= 4 is 29.0 Å². The van der Waals surface area contributed by atoms with Crippen LogP contribution in [0.4, 0.5) is 10.7 Å². The van der Waals surface area contributed by atoms with E-state index in [0.717, 1.165) is 4.57 Å². The van der Waals surface area contributed by atoms with Crippen molar-refractivity contribution in [1.82, 2.24) is 14.9 Å². The predicted molar refractivity (Wildman–Crippen MR) is 74.0 cm³/mol. The number of amides is 1. The predicted octanol–water partition coefficient (Wildman–Crippen LogP) is 2.10. The van der Waals surface area contributed by atoms with E-state index >= 15 is 0 Å². The monoisotopic (exact) mass is 288 g/mol. The third-order valence-corrected chi connectivity index (χ3v) is 2.57. The SMILES string of the molecule is CCOC(=O)CNC(=O)n1c(N=[N+]=[N-])nc2ccccc21. The molecule has 0 aliphatic rings. The number of esters is 1. The van der Waals surface area contributed by atoms with Gasteiger partial charge in [-0.2, -0.15) is 0 Å². The number of ether oxygens (including phenoxy) is 1. The maximum Gasteiger partial charge on any atom is 0.328 e. The number of nitrogens with one attached hydrogen (secondary N) is 1. The molecule has 0 radical (unpaired) electrons. The van der Waals surface area contributed by atoms with E-state index in [4.69, 9.17) is 10.3 Å². The maximum atomic E-state index is 12.1. The number of aromatic nitrogens is 2. The number of fused-ring (bicyclic) bond motifs is 1. The van der Waals surface area contributed by atoms with Crippen molar-refractivity contribution in [3.63, 3.8) is 0 Å². The number of carbonyl (C=O) groups excluding carboxylic acids is 2. The van der Waals surface area contributed by atoms with Crippen molar-refractivity contribution in [2.75, 3.05) is 13.2 Å². The second-order valence-electron chi connectivity index (χ2n) is 3.89. The molecule has 9 heteroatoms. The molecule has 1 aromatic carbocycles. The normalized spacial score (nSPS) is 9.95. The lowest BCUT2D eigenvalue weighted by Gasteiger charge is -2.07. The summed E-state index contributed by atoms with van der Waals surface area (Å²) in [5.74, 6) is -0.652. The van der Waals surface area contributed by atoms with Gasteiger partial charge >= 0.3 is 12.0 Å². The molecule has 2 aromatic rings. The number of carbonyl (C=O) groups is 2. The second kappa shape index (κ2) is 6.40. The quantitative estimate of drug-likeness (QED) is 0.400. The molecule has 1 N–H and O–H groups in total. The van der Waals surface area contributed by atoms with Crippen molar-refractivity contribution in [2.24, 2.45) is 5.11 Å². The Labute approximate surface area is 119 Å². The molecule has 21 heavy (non-hydrogen) atoms. The van der Waals surface area contributed by atoms with E-state index in [0.29, 0.717) is 11.0 Å². The fourth-order valence-electron chi connectivity index (χ4n) is 1.76. The van der Waals surface area contributed by atoms with Gasteiger partial charge in [-0.3, -0.25) is 4.79 Å². The molecule has 0 fully saturated rings. The van der Waals surface area contributed by atoms with Gasteiger partial charge < -0.3 is 10.1 Å². The fourth-order valence-corrected chi connectivity index (χ4v) is 1.76. The first-order valence-electron chi connectivity index (χ1n) is 6.13. The number of hydrogen-bond donors (Lipinski definition) is 1. The minimum atomic E-state index is -0.626. The average molecular weight is 288 g/mol. The van der Waals surface area contributed by atoms with Crippen LogP contribution in [-0.2, 0) is 9.53 Å². The highest BCUT2D eigenvalue weighted by atomic mass is 16.5. The minimum absolute atomic E-state index is 0.0972. The van der Waals surface area contributed by atoms with E-state index < -0.39 is 12.0 Å². The Morgan fingerprint density at radius 1 is 1.48 bits per heavy atom. The van der Waals surface area contributed by atoms with Crippen LogP contribution in [0, 0.1) is 0 Å². The van der Waals surface area contributed by atoms with Crippen LogP contribution in [0.15, 0.2) is 29.4 Å². The lowest BCUT2D eigenvalue weighted by Crippen LogP contribution is -2.33. The zero-order chi connectivity index (χ0) is 15.2. The lowest BCUT2D eigenvalue weighted by atomic mass is 10.3. The smallest absolute Gasteiger partial charge is 0.328 e. The summed E-state index contributed by atoms with van der Waals surface area (Å²) in [6.07, 6.45) is 0. The lowest BCUT2D eigenvalue weighted by molar-refractivity contribution is -0.141. The number of rotatable bonds is 4. The van der Waals surface area contributed by atoms with Gasteiger partial charge in [0.15, 0.2) is 0 Å². The van der Waals surface area contributed by atoms with Crippen molar-refractivity contribution in [3.8, 4) is 0 Å². The molecular formula is C12H12N6O3. The summed E-state index contributed by atoms with van der Waals surface area (Å²) in [4.78, 5) is 30.1. The van der Waals surface area contributed by atoms with E-state index in [9.17, 15) is 9.59 Å². The molecule has 1 amide bonds. The summed E-state index contributed by atoms with van der Waals surface area (Å²) in [5.41, 5.74) is 9.52. The first-order valence-corrected chi connectivity index (χ1v) is 6.13. The van der Waals surface area contributed by atoms with Gasteiger partial charge in [0, 0.05) is 4.91 Å². The molecule has 0 saturated heterocycles. The first kappa shape index (κ1) is 14.4. The molecular weight excluding hydrogens is 276 g/mol. The molecule has 2 rings (SSSR count). The first-order chi connectivity index (χ1) is 10.2. The van der Waals surface area contributed by atoms with E-state index in [1.54, 1.807) is 31.2 Å². The van der Waals surface area contributed by atoms with Crippen LogP contribution in [0.1, 0.15) is 6.92 Å². The molecule has 0 unspecified atom stereocenters. The summed E-state index contributed by atoms with van der Waals surface area (Å²) < 4.78 is 5.82. The van der Waals surface area contributed by atoms with Crippen molar-refractivity contribution in [2.45, 2.75) is 6.92 Å². The minimum Gasteiger partial charge on any atom is -0.465 e. The largest absolute Gasteiger partial charge is 0.465 e. The van der Waals surface area contributed by atoms with Crippen LogP contribution in [0.25, 0.3) is 21.5 Å². The van der Waals surface area contributed by atoms with Crippen molar-refractivity contribution in [3.05, 3.63) is 34.7 Å². The zero-order valence-corrected chi connectivity index (χ0v) is 11.2. The Kier molecular flexibility index (Phi) is 4.37. The third kappa shape index (κ3) is 3.10.